The van der Waals surface area contributed by atoms with Crippen LogP contribution >= 0.6 is 0 Å². The second-order valence-corrected chi connectivity index (χ2v) is 12.8. The van der Waals surface area contributed by atoms with Crippen LogP contribution in [0.25, 0.3) is 0 Å². The molecule has 3 aliphatic rings. The van der Waals surface area contributed by atoms with Gasteiger partial charge in [-0.1, -0.05) is 55.9 Å². The van der Waals surface area contributed by atoms with Crippen LogP contribution in [0, 0.1) is 23.2 Å². The maximum atomic E-state index is 12.0. The van der Waals surface area contributed by atoms with E-state index in [2.05, 4.69) is 38.7 Å². The van der Waals surface area contributed by atoms with Crippen molar-refractivity contribution in [3.05, 3.63) is 47.6 Å². The molecule has 38 heavy (non-hydrogen) atoms. The average Bonchev–Trinajstić information content (AvgIpc) is 3.18. The fourth-order valence-electron chi connectivity index (χ4n) is 6.76. The molecule has 3 aliphatic carbocycles. The van der Waals surface area contributed by atoms with Crippen molar-refractivity contribution in [3.8, 4) is 0 Å². The van der Waals surface area contributed by atoms with Gasteiger partial charge in [0, 0.05) is 6.42 Å². The predicted molar refractivity (Wildman–Crippen MR) is 149 cm³/mol. The highest BCUT2D eigenvalue weighted by Crippen LogP contribution is 2.59. The minimum atomic E-state index is -1.28. The molecule has 0 radical (unpaired) electrons. The molecule has 0 saturated heterocycles. The molecule has 0 aromatic carbocycles. The van der Waals surface area contributed by atoms with Crippen molar-refractivity contribution in [2.45, 2.75) is 116 Å². The smallest absolute Gasteiger partial charge is 0.306 e. The normalized spacial score (nSPS) is 32.8. The molecule has 0 aromatic heterocycles. The second kappa shape index (κ2) is 11.9. The monoisotopic (exact) mass is 528 g/mol. The van der Waals surface area contributed by atoms with Gasteiger partial charge in [0.05, 0.1) is 18.4 Å². The van der Waals surface area contributed by atoms with Gasteiger partial charge >= 0.3 is 11.9 Å². The Bertz CT molecular complexity index is 994. The van der Waals surface area contributed by atoms with Crippen LogP contribution in [0.2, 0.25) is 0 Å². The lowest BCUT2D eigenvalue weighted by Gasteiger charge is -2.44. The highest BCUT2D eigenvalue weighted by Gasteiger charge is 2.50. The predicted octanol–water partition coefficient (Wildman–Crippen LogP) is 6.29. The molecule has 6 heteroatoms. The lowest BCUT2D eigenvalue weighted by molar-refractivity contribution is -0.152. The molecule has 3 rings (SSSR count). The number of allylic oxidation sites excluding steroid dienone is 5. The third-order valence-electron chi connectivity index (χ3n) is 9.65. The standard InChI is InChI=1S/C32H48O6/c1-21-9-12-25(38-29(35)16-15-28(33)34)20-24(21)11-10-23-8-7-18-31(5)26(13-14-27(23)31)22(2)17-19-32(6,37)30(3,4)36/h10-11,17,19,22,25-27,36-37H,1,7-9,12-16,18,20H2,2-6H3,(H,33,34)/b19-17?,23-10+,24-11-/t22?,25-,26+,27-,31+,32?/m0/s1. The number of aliphatic hydroxyl groups is 2. The van der Waals surface area contributed by atoms with Crippen LogP contribution in [0.3, 0.4) is 0 Å². The zero-order chi connectivity index (χ0) is 28.3. The molecule has 3 saturated carbocycles. The quantitative estimate of drug-likeness (QED) is 0.240. The van der Waals surface area contributed by atoms with Crippen LogP contribution in [0.15, 0.2) is 47.6 Å². The number of hydrogen-bond donors (Lipinski definition) is 3. The number of carbonyl (C=O) groups excluding carboxylic acids is 1. The van der Waals surface area contributed by atoms with Crippen molar-refractivity contribution < 1.29 is 29.6 Å². The summed E-state index contributed by atoms with van der Waals surface area (Å²) in [6.07, 6.45) is 15.7. The number of ether oxygens (including phenoxy) is 1. The maximum absolute atomic E-state index is 12.0. The zero-order valence-electron chi connectivity index (χ0n) is 24.0. The van der Waals surface area contributed by atoms with Gasteiger partial charge in [-0.15, -0.1) is 0 Å². The number of carboxylic acids is 1. The molecule has 0 bridgehead atoms. The van der Waals surface area contributed by atoms with Gasteiger partial charge in [0.25, 0.3) is 0 Å². The first kappa shape index (κ1) is 30.4. The molecular formula is C32H48O6. The summed E-state index contributed by atoms with van der Waals surface area (Å²) in [6, 6.07) is 0. The van der Waals surface area contributed by atoms with Gasteiger partial charge in [-0.3, -0.25) is 9.59 Å². The molecule has 212 valence electrons. The number of esters is 1. The van der Waals surface area contributed by atoms with E-state index in [4.69, 9.17) is 9.84 Å². The van der Waals surface area contributed by atoms with Crippen LogP contribution < -0.4 is 0 Å². The minimum Gasteiger partial charge on any atom is -0.481 e. The Morgan fingerprint density at radius 3 is 2.50 bits per heavy atom. The van der Waals surface area contributed by atoms with E-state index in [-0.39, 0.29) is 24.4 Å². The second-order valence-electron chi connectivity index (χ2n) is 12.8. The third-order valence-corrected chi connectivity index (χ3v) is 9.65. The van der Waals surface area contributed by atoms with Gasteiger partial charge in [-0.2, -0.15) is 0 Å². The van der Waals surface area contributed by atoms with Gasteiger partial charge in [0.1, 0.15) is 11.7 Å². The van der Waals surface area contributed by atoms with E-state index < -0.39 is 23.1 Å². The summed E-state index contributed by atoms with van der Waals surface area (Å²) in [5.74, 6) is -0.116. The maximum Gasteiger partial charge on any atom is 0.306 e. The van der Waals surface area contributed by atoms with E-state index >= 15 is 0 Å². The summed E-state index contributed by atoms with van der Waals surface area (Å²) < 4.78 is 5.56. The summed E-state index contributed by atoms with van der Waals surface area (Å²) in [5, 5.41) is 29.8. The summed E-state index contributed by atoms with van der Waals surface area (Å²) in [7, 11) is 0. The fourth-order valence-corrected chi connectivity index (χ4v) is 6.76. The Kier molecular flexibility index (Phi) is 9.52. The van der Waals surface area contributed by atoms with E-state index in [9.17, 15) is 19.8 Å². The third kappa shape index (κ3) is 7.06. The van der Waals surface area contributed by atoms with Crippen molar-refractivity contribution in [2.24, 2.45) is 23.2 Å². The largest absolute Gasteiger partial charge is 0.481 e. The van der Waals surface area contributed by atoms with Crippen molar-refractivity contribution in [1.82, 2.24) is 0 Å². The van der Waals surface area contributed by atoms with Crippen LogP contribution in [0.1, 0.15) is 98.8 Å². The van der Waals surface area contributed by atoms with Crippen LogP contribution in [0.4, 0.5) is 0 Å². The Morgan fingerprint density at radius 1 is 1.13 bits per heavy atom. The summed E-state index contributed by atoms with van der Waals surface area (Å²) in [4.78, 5) is 22.8. The fraction of sp³-hybridized carbons (Fsp3) is 0.688. The zero-order valence-corrected chi connectivity index (χ0v) is 24.0. The first-order valence-electron chi connectivity index (χ1n) is 14.3. The summed E-state index contributed by atoms with van der Waals surface area (Å²) in [6.45, 7) is 13.8. The van der Waals surface area contributed by atoms with Crippen LogP contribution in [-0.2, 0) is 14.3 Å². The average molecular weight is 529 g/mol. The molecule has 0 spiro atoms. The molecular weight excluding hydrogens is 480 g/mol. The Morgan fingerprint density at radius 2 is 1.84 bits per heavy atom. The molecule has 6 nitrogen and oxygen atoms in total. The highest BCUT2D eigenvalue weighted by atomic mass is 16.5. The Labute approximate surface area is 228 Å². The van der Waals surface area contributed by atoms with E-state index in [0.717, 1.165) is 49.7 Å². The molecule has 0 aliphatic heterocycles. The summed E-state index contributed by atoms with van der Waals surface area (Å²) in [5.41, 5.74) is 1.39. The van der Waals surface area contributed by atoms with Crippen molar-refractivity contribution in [2.75, 3.05) is 0 Å². The summed E-state index contributed by atoms with van der Waals surface area (Å²) >= 11 is 0. The molecule has 0 amide bonds. The van der Waals surface area contributed by atoms with Gasteiger partial charge in [-0.25, -0.2) is 0 Å². The van der Waals surface area contributed by atoms with Gasteiger partial charge in [0.2, 0.25) is 0 Å². The van der Waals surface area contributed by atoms with E-state index in [0.29, 0.717) is 24.2 Å². The molecule has 3 fully saturated rings. The molecule has 6 atom stereocenters. The lowest BCUT2D eigenvalue weighted by Crippen LogP contribution is -2.46. The van der Waals surface area contributed by atoms with E-state index in [1.807, 2.05) is 0 Å². The number of aliphatic carboxylic acids is 1. The topological polar surface area (TPSA) is 104 Å². The SMILES string of the molecule is C=C1CC[C@H](OC(=O)CCC(=O)O)C/C1=C/C=C1\CCC[C@]2(C)[C@@H](C(C)C=CC(C)(O)C(C)(C)O)CC[C@@H]12. The number of rotatable bonds is 9. The highest BCUT2D eigenvalue weighted by molar-refractivity contribution is 5.76. The van der Waals surface area contributed by atoms with Crippen molar-refractivity contribution >= 4 is 11.9 Å². The lowest BCUT2D eigenvalue weighted by atomic mass is 9.61. The molecule has 0 aromatic rings. The van der Waals surface area contributed by atoms with Gasteiger partial charge in [0.15, 0.2) is 0 Å². The Balaban J connectivity index is 1.70. The van der Waals surface area contributed by atoms with Gasteiger partial charge in [-0.05, 0) is 94.5 Å². The van der Waals surface area contributed by atoms with E-state index in [1.54, 1.807) is 26.8 Å². The first-order chi connectivity index (χ1) is 17.6. The number of carbonyl (C=O) groups is 2. The number of hydrogen-bond acceptors (Lipinski definition) is 5. The number of carboxylic acid groups (broad SMARTS) is 1. The van der Waals surface area contributed by atoms with Crippen molar-refractivity contribution in [3.63, 3.8) is 0 Å². The molecule has 0 heterocycles. The number of fused-ring (bicyclic) bond motifs is 1. The van der Waals surface area contributed by atoms with Crippen molar-refractivity contribution in [1.29, 1.82) is 0 Å². The van der Waals surface area contributed by atoms with Gasteiger partial charge < -0.3 is 20.1 Å². The van der Waals surface area contributed by atoms with Crippen LogP contribution in [0.5, 0.6) is 0 Å². The van der Waals surface area contributed by atoms with E-state index in [1.165, 1.54) is 12.0 Å². The minimum absolute atomic E-state index is 0.0970. The molecule has 3 N–H and O–H groups in total. The first-order valence-corrected chi connectivity index (χ1v) is 14.3. The van der Waals surface area contributed by atoms with Crippen LogP contribution in [-0.4, -0.2) is 44.6 Å². The molecule has 2 unspecified atom stereocenters. The Hall–Kier alpha value is -2.18.